The van der Waals surface area contributed by atoms with Gasteiger partial charge in [-0.1, -0.05) is 31.4 Å². The van der Waals surface area contributed by atoms with Gasteiger partial charge in [-0.15, -0.1) is 11.3 Å². The molecule has 7 rings (SSSR count). The molecule has 5 aromatic rings. The summed E-state index contributed by atoms with van der Waals surface area (Å²) in [4.78, 5) is 41.4. The molecule has 2 fully saturated rings. The van der Waals surface area contributed by atoms with Crippen LogP contribution in [0.1, 0.15) is 64.6 Å². The molecule has 2 N–H and O–H groups in total. The molecule has 5 heterocycles. The standard InChI is InChI=1S/C35H37N5O4S/c1-21-34(45-22(2)36-21)29-11-8-24-16-25(9-10-28(24)37-29)33-27(23-6-4-3-5-7-23)18-30(38-33)31-17-26(35(42)43)19-40(31)20-32(41)39-12-14-44-15-13-39/h8-11,16-19,23,38H,3-7,12-15,20H2,1-2H3,(H,42,43). The van der Waals surface area contributed by atoms with Crippen molar-refractivity contribution in [1.82, 2.24) is 24.4 Å². The third kappa shape index (κ3) is 5.92. The van der Waals surface area contributed by atoms with Crippen LogP contribution in [0.4, 0.5) is 0 Å². The summed E-state index contributed by atoms with van der Waals surface area (Å²) in [6, 6.07) is 14.4. The van der Waals surface area contributed by atoms with Gasteiger partial charge < -0.3 is 24.3 Å². The fourth-order valence-electron chi connectivity index (χ4n) is 6.80. The van der Waals surface area contributed by atoms with Crippen LogP contribution >= 0.6 is 11.3 Å². The molecule has 10 heteroatoms. The van der Waals surface area contributed by atoms with E-state index in [1.807, 2.05) is 13.8 Å². The topological polar surface area (TPSA) is 113 Å². The number of morpholine rings is 1. The number of hydrogen-bond acceptors (Lipinski definition) is 6. The molecule has 1 aromatic carbocycles. The lowest BCUT2D eigenvalue weighted by atomic mass is 9.83. The molecule has 232 valence electrons. The number of aromatic nitrogens is 4. The fraction of sp³-hybridized carbons (Fsp3) is 0.371. The number of nitrogens with zero attached hydrogens (tertiary/aromatic N) is 4. The maximum absolute atomic E-state index is 13.2. The Morgan fingerprint density at radius 3 is 2.56 bits per heavy atom. The van der Waals surface area contributed by atoms with E-state index in [2.05, 4.69) is 46.4 Å². The first kappa shape index (κ1) is 29.4. The molecule has 0 unspecified atom stereocenters. The van der Waals surface area contributed by atoms with Crippen molar-refractivity contribution < 1.29 is 19.4 Å². The van der Waals surface area contributed by atoms with Crippen molar-refractivity contribution in [2.45, 2.75) is 58.4 Å². The molecule has 1 aliphatic heterocycles. The first-order chi connectivity index (χ1) is 21.8. The van der Waals surface area contributed by atoms with Crippen molar-refractivity contribution in [3.8, 4) is 33.2 Å². The third-order valence-electron chi connectivity index (χ3n) is 9.10. The quantitative estimate of drug-likeness (QED) is 0.201. The van der Waals surface area contributed by atoms with Gasteiger partial charge in [-0.2, -0.15) is 0 Å². The van der Waals surface area contributed by atoms with Gasteiger partial charge in [0.25, 0.3) is 0 Å². The van der Waals surface area contributed by atoms with Crippen LogP contribution in [-0.2, 0) is 16.1 Å². The zero-order valence-corrected chi connectivity index (χ0v) is 26.5. The molecule has 45 heavy (non-hydrogen) atoms. The van der Waals surface area contributed by atoms with Gasteiger partial charge in [-0.25, -0.2) is 14.8 Å². The van der Waals surface area contributed by atoms with E-state index in [1.54, 1.807) is 33.1 Å². The second-order valence-corrected chi connectivity index (χ2v) is 13.3. The molecule has 1 amide bonds. The number of carbonyl (C=O) groups is 2. The number of aryl methyl sites for hydroxylation is 2. The highest BCUT2D eigenvalue weighted by atomic mass is 32.1. The number of rotatable bonds is 7. The Balaban J connectivity index is 1.28. The lowest BCUT2D eigenvalue weighted by Crippen LogP contribution is -2.42. The smallest absolute Gasteiger partial charge is 0.337 e. The maximum Gasteiger partial charge on any atom is 0.337 e. The molecule has 0 spiro atoms. The van der Waals surface area contributed by atoms with Crippen LogP contribution in [0.25, 0.3) is 44.1 Å². The molecule has 0 atom stereocenters. The Morgan fingerprint density at radius 2 is 1.82 bits per heavy atom. The van der Waals surface area contributed by atoms with E-state index in [9.17, 15) is 14.7 Å². The largest absolute Gasteiger partial charge is 0.478 e. The maximum atomic E-state index is 13.2. The van der Waals surface area contributed by atoms with Gasteiger partial charge >= 0.3 is 5.97 Å². The van der Waals surface area contributed by atoms with E-state index in [0.717, 1.165) is 62.0 Å². The first-order valence-corrected chi connectivity index (χ1v) is 16.5. The summed E-state index contributed by atoms with van der Waals surface area (Å²) in [7, 11) is 0. The van der Waals surface area contributed by atoms with Crippen LogP contribution in [0, 0.1) is 13.8 Å². The molecule has 0 radical (unpaired) electrons. The van der Waals surface area contributed by atoms with Gasteiger partial charge in [-0.05, 0) is 74.1 Å². The summed E-state index contributed by atoms with van der Waals surface area (Å²) in [6.07, 6.45) is 7.45. The third-order valence-corrected chi connectivity index (χ3v) is 10.2. The molecular weight excluding hydrogens is 586 g/mol. The highest BCUT2D eigenvalue weighted by Gasteiger charge is 2.25. The first-order valence-electron chi connectivity index (χ1n) is 15.7. The number of carboxylic acids is 1. The van der Waals surface area contributed by atoms with E-state index in [0.29, 0.717) is 37.9 Å². The van der Waals surface area contributed by atoms with Crippen LogP contribution in [0.2, 0.25) is 0 Å². The number of carboxylic acid groups (broad SMARTS) is 1. The lowest BCUT2D eigenvalue weighted by molar-refractivity contribution is -0.135. The van der Waals surface area contributed by atoms with E-state index in [4.69, 9.17) is 9.72 Å². The Kier molecular flexibility index (Phi) is 8.01. The van der Waals surface area contributed by atoms with E-state index in [1.165, 1.54) is 24.8 Å². The number of amides is 1. The summed E-state index contributed by atoms with van der Waals surface area (Å²) >= 11 is 1.66. The van der Waals surface area contributed by atoms with Crippen molar-refractivity contribution in [2.75, 3.05) is 26.3 Å². The average molecular weight is 624 g/mol. The second kappa shape index (κ2) is 12.3. The molecule has 2 aliphatic rings. The van der Waals surface area contributed by atoms with Crippen LogP contribution in [0.5, 0.6) is 0 Å². The molecule has 1 saturated heterocycles. The number of aromatic carboxylic acids is 1. The molecule has 1 saturated carbocycles. The minimum Gasteiger partial charge on any atom is -0.478 e. The molecule has 4 aromatic heterocycles. The summed E-state index contributed by atoms with van der Waals surface area (Å²) < 4.78 is 7.19. The number of pyridine rings is 1. The number of hydrogen-bond donors (Lipinski definition) is 2. The fourth-order valence-corrected chi connectivity index (χ4v) is 7.69. The van der Waals surface area contributed by atoms with Crippen molar-refractivity contribution >= 4 is 34.1 Å². The summed E-state index contributed by atoms with van der Waals surface area (Å²) in [5, 5.41) is 11.9. The van der Waals surface area contributed by atoms with E-state index in [-0.39, 0.29) is 18.0 Å². The van der Waals surface area contributed by atoms with Gasteiger partial charge in [0.05, 0.1) is 57.0 Å². The summed E-state index contributed by atoms with van der Waals surface area (Å²) in [6.45, 7) is 6.23. The van der Waals surface area contributed by atoms with Crippen molar-refractivity contribution in [3.63, 3.8) is 0 Å². The minimum atomic E-state index is -1.02. The predicted octanol–water partition coefficient (Wildman–Crippen LogP) is 7.04. The zero-order valence-electron chi connectivity index (χ0n) is 25.6. The van der Waals surface area contributed by atoms with Crippen LogP contribution in [0.15, 0.2) is 48.7 Å². The number of H-pyrrole nitrogens is 1. The van der Waals surface area contributed by atoms with Gasteiger partial charge in [-0.3, -0.25) is 4.79 Å². The second-order valence-electron chi connectivity index (χ2n) is 12.1. The summed E-state index contributed by atoms with van der Waals surface area (Å²) in [5.41, 5.74) is 7.88. The Bertz CT molecular complexity index is 1890. The molecule has 1 aliphatic carbocycles. The van der Waals surface area contributed by atoms with Gasteiger partial charge in [0, 0.05) is 30.4 Å². The normalized spacial score (nSPS) is 16.0. The molecule has 0 bridgehead atoms. The van der Waals surface area contributed by atoms with Crippen molar-refractivity contribution in [3.05, 3.63) is 70.5 Å². The van der Waals surface area contributed by atoms with Gasteiger partial charge in [0.2, 0.25) is 5.91 Å². The highest BCUT2D eigenvalue weighted by Crippen LogP contribution is 2.41. The lowest BCUT2D eigenvalue weighted by Gasteiger charge is -2.27. The predicted molar refractivity (Wildman–Crippen MR) is 176 cm³/mol. The van der Waals surface area contributed by atoms with Gasteiger partial charge in [0.1, 0.15) is 6.54 Å². The minimum absolute atomic E-state index is 0.0449. The Hall–Kier alpha value is -4.28. The number of fused-ring (bicyclic) bond motifs is 1. The van der Waals surface area contributed by atoms with Gasteiger partial charge in [0.15, 0.2) is 0 Å². The highest BCUT2D eigenvalue weighted by molar-refractivity contribution is 7.15. The molecular formula is C35H37N5O4S. The zero-order chi connectivity index (χ0) is 31.1. The monoisotopic (exact) mass is 623 g/mol. The SMILES string of the molecule is Cc1nc(C)c(-c2ccc3cc(-c4[nH]c(-c5cc(C(=O)O)cn5CC(=O)N5CCOCC5)cc4C4CCCCC4)ccc3n2)s1. The van der Waals surface area contributed by atoms with Crippen LogP contribution in [0.3, 0.4) is 0 Å². The van der Waals surface area contributed by atoms with Crippen LogP contribution < -0.4 is 0 Å². The molecule has 9 nitrogen and oxygen atoms in total. The van der Waals surface area contributed by atoms with Crippen molar-refractivity contribution in [1.29, 1.82) is 0 Å². The number of aromatic amines is 1. The van der Waals surface area contributed by atoms with E-state index < -0.39 is 5.97 Å². The number of benzene rings is 1. The van der Waals surface area contributed by atoms with E-state index >= 15 is 0 Å². The Labute approximate surface area is 265 Å². The average Bonchev–Trinajstić information content (AvgIpc) is 3.78. The summed E-state index contributed by atoms with van der Waals surface area (Å²) in [5.74, 6) is -0.653. The van der Waals surface area contributed by atoms with Crippen LogP contribution in [-0.4, -0.2) is 67.7 Å². The number of ether oxygens (including phenoxy) is 1. The Morgan fingerprint density at radius 1 is 1.02 bits per heavy atom. The number of carbonyl (C=O) groups excluding carboxylic acids is 1. The van der Waals surface area contributed by atoms with Crippen molar-refractivity contribution in [2.24, 2.45) is 0 Å². The number of thiazole rings is 1. The number of nitrogens with one attached hydrogen (secondary N) is 1.